The predicted molar refractivity (Wildman–Crippen MR) is 62.2 cm³/mol. The number of halogens is 1. The molecule has 1 rings (SSSR count). The fourth-order valence-electron chi connectivity index (χ4n) is 1.49. The van der Waals surface area contributed by atoms with E-state index >= 15 is 0 Å². The maximum Gasteiger partial charge on any atom is 0.126 e. The van der Waals surface area contributed by atoms with Gasteiger partial charge in [0.15, 0.2) is 0 Å². The van der Waals surface area contributed by atoms with Crippen molar-refractivity contribution < 1.29 is 4.39 Å². The van der Waals surface area contributed by atoms with E-state index in [0.717, 1.165) is 24.0 Å². The Morgan fingerprint density at radius 3 is 2.67 bits per heavy atom. The van der Waals surface area contributed by atoms with Crippen molar-refractivity contribution in [2.24, 2.45) is 0 Å². The number of aryl methyl sites for hydroxylation is 1. The Hall–Kier alpha value is -1.29. The molecule has 1 atom stereocenters. The smallest absolute Gasteiger partial charge is 0.126 e. The summed E-state index contributed by atoms with van der Waals surface area (Å²) < 4.78 is 13.6. The van der Waals surface area contributed by atoms with E-state index in [-0.39, 0.29) is 11.7 Å². The Morgan fingerprint density at radius 2 is 2.07 bits per heavy atom. The Labute approximate surface area is 91.5 Å². The molecule has 0 spiro atoms. The van der Waals surface area contributed by atoms with Gasteiger partial charge in [-0.1, -0.05) is 26.0 Å². The first-order valence-electron chi connectivity index (χ1n) is 5.37. The Bertz CT molecular complexity index is 382. The van der Waals surface area contributed by atoms with Crippen LogP contribution < -0.4 is 0 Å². The summed E-state index contributed by atoms with van der Waals surface area (Å²) in [4.78, 5) is 0. The molecule has 1 heteroatoms. The molecule has 0 aromatic heterocycles. The lowest BCUT2D eigenvalue weighted by molar-refractivity contribution is 0.590. The van der Waals surface area contributed by atoms with Crippen molar-refractivity contribution in [2.45, 2.75) is 39.5 Å². The lowest BCUT2D eigenvalue weighted by Crippen LogP contribution is -1.96. The molecule has 0 bridgehead atoms. The second-order valence-electron chi connectivity index (χ2n) is 3.84. The maximum atomic E-state index is 13.6. The Morgan fingerprint density at radius 1 is 1.33 bits per heavy atom. The third kappa shape index (κ3) is 3.40. The van der Waals surface area contributed by atoms with Gasteiger partial charge in [-0.15, -0.1) is 11.8 Å². The molecule has 0 fully saturated rings. The number of rotatable bonds is 2. The van der Waals surface area contributed by atoms with Crippen molar-refractivity contribution >= 4 is 0 Å². The van der Waals surface area contributed by atoms with Gasteiger partial charge in [-0.3, -0.25) is 0 Å². The second-order valence-corrected chi connectivity index (χ2v) is 3.84. The molecule has 0 aliphatic heterocycles. The molecule has 0 aliphatic carbocycles. The van der Waals surface area contributed by atoms with Gasteiger partial charge in [-0.25, -0.2) is 4.39 Å². The minimum Gasteiger partial charge on any atom is -0.207 e. The molecular weight excluding hydrogens is 187 g/mol. The van der Waals surface area contributed by atoms with Crippen LogP contribution in [0.15, 0.2) is 18.2 Å². The SMILES string of the molecule is CCC#CCC(C)c1ccc(C)cc1F. The van der Waals surface area contributed by atoms with Gasteiger partial charge >= 0.3 is 0 Å². The van der Waals surface area contributed by atoms with Crippen molar-refractivity contribution in [3.05, 3.63) is 35.1 Å². The molecule has 80 valence electrons. The van der Waals surface area contributed by atoms with Crippen molar-refractivity contribution in [3.63, 3.8) is 0 Å². The average Bonchev–Trinajstić information content (AvgIpc) is 2.17. The highest BCUT2D eigenvalue weighted by atomic mass is 19.1. The van der Waals surface area contributed by atoms with Crippen molar-refractivity contribution in [3.8, 4) is 11.8 Å². The van der Waals surface area contributed by atoms with E-state index < -0.39 is 0 Å². The largest absolute Gasteiger partial charge is 0.207 e. The molecule has 0 N–H and O–H groups in total. The molecule has 0 saturated heterocycles. The van der Waals surface area contributed by atoms with Gasteiger partial charge < -0.3 is 0 Å². The minimum atomic E-state index is -0.110. The highest BCUT2D eigenvalue weighted by molar-refractivity contribution is 5.27. The van der Waals surface area contributed by atoms with Crippen LogP contribution in [0.1, 0.15) is 43.7 Å². The third-order valence-corrected chi connectivity index (χ3v) is 2.40. The standard InChI is InChI=1S/C14H17F/c1-4-5-6-7-12(3)13-9-8-11(2)10-14(13)15/h8-10,12H,4,7H2,1-3H3. The fourth-order valence-corrected chi connectivity index (χ4v) is 1.49. The van der Waals surface area contributed by atoms with Gasteiger partial charge in [0.25, 0.3) is 0 Å². The zero-order chi connectivity index (χ0) is 11.3. The summed E-state index contributed by atoms with van der Waals surface area (Å²) in [7, 11) is 0. The fraction of sp³-hybridized carbons (Fsp3) is 0.429. The van der Waals surface area contributed by atoms with E-state index in [1.54, 1.807) is 6.07 Å². The Balaban J connectivity index is 2.77. The summed E-state index contributed by atoms with van der Waals surface area (Å²) in [5, 5.41) is 0. The summed E-state index contributed by atoms with van der Waals surface area (Å²) in [6, 6.07) is 5.39. The van der Waals surface area contributed by atoms with Gasteiger partial charge in [0, 0.05) is 12.8 Å². The molecule has 0 heterocycles. The topological polar surface area (TPSA) is 0 Å². The van der Waals surface area contributed by atoms with Crippen molar-refractivity contribution in [1.82, 2.24) is 0 Å². The summed E-state index contributed by atoms with van der Waals surface area (Å²) in [6.07, 6.45) is 1.59. The van der Waals surface area contributed by atoms with E-state index in [9.17, 15) is 4.39 Å². The van der Waals surface area contributed by atoms with E-state index in [4.69, 9.17) is 0 Å². The molecule has 1 unspecified atom stereocenters. The normalized spacial score (nSPS) is 11.7. The van der Waals surface area contributed by atoms with Gasteiger partial charge in [-0.2, -0.15) is 0 Å². The van der Waals surface area contributed by atoms with Gasteiger partial charge in [-0.05, 0) is 30.0 Å². The van der Waals surface area contributed by atoms with Gasteiger partial charge in [0.1, 0.15) is 5.82 Å². The predicted octanol–water partition coefficient (Wildman–Crippen LogP) is 4.04. The monoisotopic (exact) mass is 204 g/mol. The van der Waals surface area contributed by atoms with Gasteiger partial charge in [0.2, 0.25) is 0 Å². The highest BCUT2D eigenvalue weighted by Crippen LogP contribution is 2.22. The first-order valence-corrected chi connectivity index (χ1v) is 5.37. The van der Waals surface area contributed by atoms with Crippen LogP contribution in [0, 0.1) is 24.6 Å². The average molecular weight is 204 g/mol. The number of hydrogen-bond donors (Lipinski definition) is 0. The van der Waals surface area contributed by atoms with E-state index in [1.807, 2.05) is 32.9 Å². The zero-order valence-electron chi connectivity index (χ0n) is 9.60. The van der Waals surface area contributed by atoms with Crippen LogP contribution in [-0.4, -0.2) is 0 Å². The van der Waals surface area contributed by atoms with Crippen LogP contribution in [0.4, 0.5) is 4.39 Å². The van der Waals surface area contributed by atoms with E-state index in [0.29, 0.717) is 0 Å². The molecule has 0 saturated carbocycles. The van der Waals surface area contributed by atoms with Crippen molar-refractivity contribution in [2.75, 3.05) is 0 Å². The quantitative estimate of drug-likeness (QED) is 0.638. The second kappa shape index (κ2) is 5.56. The molecule has 1 aromatic rings. The summed E-state index contributed by atoms with van der Waals surface area (Å²) in [6.45, 7) is 5.93. The Kier molecular flexibility index (Phi) is 4.37. The maximum absolute atomic E-state index is 13.6. The molecule has 0 radical (unpaired) electrons. The summed E-state index contributed by atoms with van der Waals surface area (Å²) in [5.74, 6) is 6.13. The van der Waals surface area contributed by atoms with Gasteiger partial charge in [0.05, 0.1) is 0 Å². The number of benzene rings is 1. The third-order valence-electron chi connectivity index (χ3n) is 2.40. The highest BCUT2D eigenvalue weighted by Gasteiger charge is 2.09. The lowest BCUT2D eigenvalue weighted by Gasteiger charge is -2.09. The first kappa shape index (κ1) is 11.8. The van der Waals surface area contributed by atoms with Crippen LogP contribution in [-0.2, 0) is 0 Å². The molecule has 0 aliphatic rings. The zero-order valence-corrected chi connectivity index (χ0v) is 9.60. The first-order chi connectivity index (χ1) is 7.15. The minimum absolute atomic E-state index is 0.110. The van der Waals surface area contributed by atoms with Crippen LogP contribution in [0.25, 0.3) is 0 Å². The van der Waals surface area contributed by atoms with Crippen LogP contribution in [0.5, 0.6) is 0 Å². The summed E-state index contributed by atoms with van der Waals surface area (Å²) >= 11 is 0. The van der Waals surface area contributed by atoms with E-state index in [1.165, 1.54) is 0 Å². The number of hydrogen-bond acceptors (Lipinski definition) is 0. The molecule has 15 heavy (non-hydrogen) atoms. The van der Waals surface area contributed by atoms with E-state index in [2.05, 4.69) is 11.8 Å². The lowest BCUT2D eigenvalue weighted by atomic mass is 9.96. The molecule has 0 amide bonds. The molecular formula is C14H17F. The molecule has 0 nitrogen and oxygen atoms in total. The van der Waals surface area contributed by atoms with Crippen LogP contribution in [0.3, 0.4) is 0 Å². The van der Waals surface area contributed by atoms with Crippen LogP contribution in [0.2, 0.25) is 0 Å². The van der Waals surface area contributed by atoms with Crippen molar-refractivity contribution in [1.29, 1.82) is 0 Å². The van der Waals surface area contributed by atoms with Crippen LogP contribution >= 0.6 is 0 Å². The molecule has 1 aromatic carbocycles. The summed E-state index contributed by atoms with van der Waals surface area (Å²) in [5.41, 5.74) is 1.73.